The van der Waals surface area contributed by atoms with Crippen LogP contribution in [-0.4, -0.2) is 50.4 Å². The number of hydrogen-bond acceptors (Lipinski definition) is 5. The molecule has 4 aromatic rings. The number of nitrogens with zero attached hydrogens (tertiary/aromatic N) is 2. The van der Waals surface area contributed by atoms with Crippen molar-refractivity contribution in [2.24, 2.45) is 0 Å². The van der Waals surface area contributed by atoms with Gasteiger partial charge in [-0.3, -0.25) is 13.9 Å². The minimum Gasteiger partial charge on any atom is -0.497 e. The standard InChI is InChI=1S/C35H37Cl2N3O5S/c1-35(2,3)38-34(42)32(22-25-11-7-5-8-12-25)39(23-26-15-20-30(36)31(37)21-26)33(41)24-40(27-16-18-28(45-4)19-17-27)46(43,44)29-13-9-6-10-14-29/h5-21,32H,22-24H2,1-4H3,(H,38,42). The highest BCUT2D eigenvalue weighted by Gasteiger charge is 2.35. The average molecular weight is 683 g/mol. The van der Waals surface area contributed by atoms with Crippen LogP contribution in [0.15, 0.2) is 108 Å². The Labute approximate surface area is 280 Å². The SMILES string of the molecule is COc1ccc(N(CC(=O)N(Cc2ccc(Cl)c(Cl)c2)C(Cc2ccccc2)C(=O)NC(C)(C)C)S(=O)(=O)c2ccccc2)cc1. The minimum absolute atomic E-state index is 0.0148. The highest BCUT2D eigenvalue weighted by atomic mass is 35.5. The van der Waals surface area contributed by atoms with Crippen molar-refractivity contribution in [1.29, 1.82) is 0 Å². The third kappa shape index (κ3) is 9.02. The average Bonchev–Trinajstić information content (AvgIpc) is 3.03. The molecule has 2 amide bonds. The lowest BCUT2D eigenvalue weighted by atomic mass is 10.0. The first-order valence-corrected chi connectivity index (χ1v) is 16.8. The number of halogens is 2. The van der Waals surface area contributed by atoms with Gasteiger partial charge >= 0.3 is 0 Å². The monoisotopic (exact) mass is 681 g/mol. The van der Waals surface area contributed by atoms with Crippen LogP contribution in [0.4, 0.5) is 5.69 Å². The van der Waals surface area contributed by atoms with Crippen LogP contribution in [-0.2, 0) is 32.6 Å². The van der Waals surface area contributed by atoms with Crippen LogP contribution >= 0.6 is 23.2 Å². The molecule has 0 radical (unpaired) electrons. The summed E-state index contributed by atoms with van der Waals surface area (Å²) in [7, 11) is -2.71. The third-order valence-corrected chi connectivity index (χ3v) is 9.60. The molecule has 0 aliphatic rings. The van der Waals surface area contributed by atoms with E-state index in [1.807, 2.05) is 51.1 Å². The van der Waals surface area contributed by atoms with Crippen LogP contribution in [0.3, 0.4) is 0 Å². The van der Waals surface area contributed by atoms with Crippen LogP contribution in [0.1, 0.15) is 31.9 Å². The van der Waals surface area contributed by atoms with Crippen molar-refractivity contribution in [3.05, 3.63) is 124 Å². The van der Waals surface area contributed by atoms with E-state index in [0.29, 0.717) is 16.3 Å². The van der Waals surface area contributed by atoms with E-state index in [1.165, 1.54) is 24.1 Å². The van der Waals surface area contributed by atoms with Crippen molar-refractivity contribution in [2.75, 3.05) is 18.0 Å². The summed E-state index contributed by atoms with van der Waals surface area (Å²) in [5.74, 6) is -0.451. The summed E-state index contributed by atoms with van der Waals surface area (Å²) in [4.78, 5) is 29.9. The zero-order valence-electron chi connectivity index (χ0n) is 26.1. The highest BCUT2D eigenvalue weighted by molar-refractivity contribution is 7.92. The number of ether oxygens (including phenoxy) is 1. The first-order chi connectivity index (χ1) is 21.8. The summed E-state index contributed by atoms with van der Waals surface area (Å²) in [6.07, 6.45) is 0.184. The first-order valence-electron chi connectivity index (χ1n) is 14.6. The smallest absolute Gasteiger partial charge is 0.264 e. The van der Waals surface area contributed by atoms with E-state index in [-0.39, 0.29) is 34.5 Å². The number of anilines is 1. The second kappa shape index (κ2) is 15.0. The Morgan fingerprint density at radius 3 is 2.00 bits per heavy atom. The number of methoxy groups -OCH3 is 1. The second-order valence-corrected chi connectivity index (χ2v) is 14.4. The Balaban J connectivity index is 1.83. The molecule has 1 atom stereocenters. The second-order valence-electron chi connectivity index (χ2n) is 11.7. The van der Waals surface area contributed by atoms with E-state index >= 15 is 0 Å². The maximum atomic E-state index is 14.5. The fourth-order valence-electron chi connectivity index (χ4n) is 4.84. The normalized spacial score (nSPS) is 12.2. The summed E-state index contributed by atoms with van der Waals surface area (Å²) in [6, 6.07) is 27.6. The Morgan fingerprint density at radius 1 is 0.826 bits per heavy atom. The lowest BCUT2D eigenvalue weighted by Gasteiger charge is -2.35. The van der Waals surface area contributed by atoms with Gasteiger partial charge in [0, 0.05) is 18.5 Å². The number of carbonyl (C=O) groups is 2. The van der Waals surface area contributed by atoms with Crippen molar-refractivity contribution in [3.63, 3.8) is 0 Å². The van der Waals surface area contributed by atoms with Crippen molar-refractivity contribution in [3.8, 4) is 5.75 Å². The van der Waals surface area contributed by atoms with Gasteiger partial charge in [-0.1, -0.05) is 77.8 Å². The molecule has 0 spiro atoms. The van der Waals surface area contributed by atoms with Gasteiger partial charge in [-0.25, -0.2) is 8.42 Å². The highest BCUT2D eigenvalue weighted by Crippen LogP contribution is 2.28. The van der Waals surface area contributed by atoms with Crippen LogP contribution in [0, 0.1) is 0 Å². The van der Waals surface area contributed by atoms with Gasteiger partial charge in [-0.2, -0.15) is 0 Å². The van der Waals surface area contributed by atoms with E-state index in [0.717, 1.165) is 9.87 Å². The molecule has 0 saturated heterocycles. The van der Waals surface area contributed by atoms with E-state index in [1.54, 1.807) is 60.7 Å². The summed E-state index contributed by atoms with van der Waals surface area (Å²) < 4.78 is 34.5. The quantitative estimate of drug-likeness (QED) is 0.178. The van der Waals surface area contributed by atoms with Crippen molar-refractivity contribution < 1.29 is 22.7 Å². The number of nitrogens with one attached hydrogen (secondary N) is 1. The Hall–Kier alpha value is -4.05. The molecule has 1 unspecified atom stereocenters. The van der Waals surface area contributed by atoms with E-state index < -0.39 is 34.1 Å². The lowest BCUT2D eigenvalue weighted by molar-refractivity contribution is -0.140. The van der Waals surface area contributed by atoms with E-state index in [4.69, 9.17) is 27.9 Å². The molecule has 8 nitrogen and oxygen atoms in total. The fourth-order valence-corrected chi connectivity index (χ4v) is 6.59. The summed E-state index contributed by atoms with van der Waals surface area (Å²) in [5.41, 5.74) is 1.10. The number of carbonyl (C=O) groups excluding carboxylic acids is 2. The zero-order chi connectivity index (χ0) is 33.5. The largest absolute Gasteiger partial charge is 0.497 e. The zero-order valence-corrected chi connectivity index (χ0v) is 28.4. The maximum absolute atomic E-state index is 14.5. The predicted octanol–water partition coefficient (Wildman–Crippen LogP) is 6.75. The maximum Gasteiger partial charge on any atom is 0.264 e. The molecule has 0 heterocycles. The Bertz CT molecular complexity index is 1750. The van der Waals surface area contributed by atoms with Gasteiger partial charge in [0.2, 0.25) is 11.8 Å². The van der Waals surface area contributed by atoms with Crippen LogP contribution in [0.2, 0.25) is 10.0 Å². The summed E-state index contributed by atoms with van der Waals surface area (Å²) in [6.45, 7) is 4.94. The van der Waals surface area contributed by atoms with Crippen LogP contribution in [0.5, 0.6) is 5.75 Å². The van der Waals surface area contributed by atoms with E-state index in [9.17, 15) is 18.0 Å². The Morgan fingerprint density at radius 2 is 1.43 bits per heavy atom. The van der Waals surface area contributed by atoms with Gasteiger partial charge < -0.3 is 15.0 Å². The molecule has 4 rings (SSSR count). The van der Waals surface area contributed by atoms with Gasteiger partial charge in [0.05, 0.1) is 27.7 Å². The first kappa shape index (κ1) is 34.8. The molecular formula is C35H37Cl2N3O5S. The summed E-state index contributed by atoms with van der Waals surface area (Å²) >= 11 is 12.5. The molecule has 0 aliphatic heterocycles. The predicted molar refractivity (Wildman–Crippen MR) is 183 cm³/mol. The van der Waals surface area contributed by atoms with E-state index in [2.05, 4.69) is 5.32 Å². The summed E-state index contributed by atoms with van der Waals surface area (Å²) in [5, 5.41) is 3.64. The molecule has 4 aromatic carbocycles. The number of amides is 2. The molecule has 0 bridgehead atoms. The van der Waals surface area contributed by atoms with Gasteiger partial charge in [0.25, 0.3) is 10.0 Å². The van der Waals surface area contributed by atoms with Crippen LogP contribution in [0.25, 0.3) is 0 Å². The number of hydrogen-bond donors (Lipinski definition) is 1. The van der Waals surface area contributed by atoms with Gasteiger partial charge in [0.15, 0.2) is 0 Å². The van der Waals surface area contributed by atoms with Crippen molar-refractivity contribution in [1.82, 2.24) is 10.2 Å². The molecule has 0 aromatic heterocycles. The molecule has 1 N–H and O–H groups in total. The Kier molecular flexibility index (Phi) is 11.4. The number of benzene rings is 4. The van der Waals surface area contributed by atoms with Gasteiger partial charge in [-0.15, -0.1) is 0 Å². The van der Waals surface area contributed by atoms with Gasteiger partial charge in [0.1, 0.15) is 18.3 Å². The molecule has 0 saturated carbocycles. The molecule has 11 heteroatoms. The molecule has 46 heavy (non-hydrogen) atoms. The van der Waals surface area contributed by atoms with Crippen molar-refractivity contribution in [2.45, 2.75) is 50.2 Å². The molecule has 0 aliphatic carbocycles. The lowest BCUT2D eigenvalue weighted by Crippen LogP contribution is -2.56. The molecule has 242 valence electrons. The molecule has 0 fully saturated rings. The topological polar surface area (TPSA) is 96.0 Å². The fraction of sp³-hybridized carbons (Fsp3) is 0.257. The third-order valence-electron chi connectivity index (χ3n) is 7.08. The van der Waals surface area contributed by atoms with Crippen LogP contribution < -0.4 is 14.4 Å². The van der Waals surface area contributed by atoms with Gasteiger partial charge in [-0.05, 0) is 80.4 Å². The minimum atomic E-state index is -4.22. The van der Waals surface area contributed by atoms with Crippen molar-refractivity contribution >= 4 is 50.7 Å². The number of sulfonamides is 1. The molecular weight excluding hydrogens is 645 g/mol. The number of rotatable bonds is 12.